The summed E-state index contributed by atoms with van der Waals surface area (Å²) < 4.78 is 0. The highest BCUT2D eigenvalue weighted by Gasteiger charge is 2.09. The van der Waals surface area contributed by atoms with Crippen LogP contribution in [0.5, 0.6) is 0 Å². The average molecular weight is 207 g/mol. The molecule has 0 bridgehead atoms. The highest BCUT2D eigenvalue weighted by atomic mass is 35.5. The average Bonchev–Trinajstić information content (AvgIpc) is 2.06. The van der Waals surface area contributed by atoms with Crippen LogP contribution in [-0.2, 0) is 6.42 Å². The van der Waals surface area contributed by atoms with Gasteiger partial charge in [-0.15, -0.1) is 10.2 Å². The standard InChI is InChI=1S/C7H8Cl2N2O/c1-4-5(2-3-12)7(9)11-10-6(4)8/h12H,2-3H2,1H3. The van der Waals surface area contributed by atoms with Crippen molar-refractivity contribution >= 4 is 23.2 Å². The number of halogens is 2. The van der Waals surface area contributed by atoms with Gasteiger partial charge in [0.15, 0.2) is 10.3 Å². The van der Waals surface area contributed by atoms with Crippen LogP contribution in [0.2, 0.25) is 10.3 Å². The lowest BCUT2D eigenvalue weighted by Crippen LogP contribution is -2.00. The molecule has 5 heteroatoms. The highest BCUT2D eigenvalue weighted by Crippen LogP contribution is 2.21. The van der Waals surface area contributed by atoms with Crippen molar-refractivity contribution in [2.75, 3.05) is 6.61 Å². The van der Waals surface area contributed by atoms with Crippen LogP contribution in [0, 0.1) is 6.92 Å². The van der Waals surface area contributed by atoms with Crippen molar-refractivity contribution in [3.8, 4) is 0 Å². The molecule has 0 spiro atoms. The van der Waals surface area contributed by atoms with Gasteiger partial charge in [0, 0.05) is 6.61 Å². The summed E-state index contributed by atoms with van der Waals surface area (Å²) in [5, 5.41) is 16.6. The van der Waals surface area contributed by atoms with E-state index in [1.165, 1.54) is 0 Å². The van der Waals surface area contributed by atoms with Gasteiger partial charge in [0.05, 0.1) is 0 Å². The quantitative estimate of drug-likeness (QED) is 0.801. The van der Waals surface area contributed by atoms with Crippen molar-refractivity contribution in [3.05, 3.63) is 21.4 Å². The van der Waals surface area contributed by atoms with Crippen molar-refractivity contribution in [2.24, 2.45) is 0 Å². The van der Waals surface area contributed by atoms with Gasteiger partial charge in [-0.2, -0.15) is 0 Å². The van der Waals surface area contributed by atoms with E-state index in [2.05, 4.69) is 10.2 Å². The Morgan fingerprint density at radius 2 is 1.83 bits per heavy atom. The lowest BCUT2D eigenvalue weighted by atomic mass is 10.1. The molecule has 12 heavy (non-hydrogen) atoms. The molecule has 0 fully saturated rings. The molecule has 0 aliphatic carbocycles. The molecule has 0 atom stereocenters. The number of rotatable bonds is 2. The molecule has 0 unspecified atom stereocenters. The fraction of sp³-hybridized carbons (Fsp3) is 0.429. The van der Waals surface area contributed by atoms with E-state index in [0.29, 0.717) is 16.7 Å². The van der Waals surface area contributed by atoms with E-state index in [4.69, 9.17) is 28.3 Å². The van der Waals surface area contributed by atoms with E-state index in [9.17, 15) is 0 Å². The number of aliphatic hydroxyl groups is 1. The summed E-state index contributed by atoms with van der Waals surface area (Å²) >= 11 is 11.4. The summed E-state index contributed by atoms with van der Waals surface area (Å²) in [6, 6.07) is 0. The Kier molecular flexibility index (Phi) is 3.26. The SMILES string of the molecule is Cc1c(Cl)nnc(Cl)c1CCO. The second-order valence-corrected chi connectivity index (χ2v) is 3.07. The predicted molar refractivity (Wildman–Crippen MR) is 47.6 cm³/mol. The first-order valence-electron chi connectivity index (χ1n) is 3.44. The number of hydrogen-bond donors (Lipinski definition) is 1. The van der Waals surface area contributed by atoms with Crippen molar-refractivity contribution in [1.82, 2.24) is 10.2 Å². The van der Waals surface area contributed by atoms with E-state index in [-0.39, 0.29) is 6.61 Å². The number of hydrogen-bond acceptors (Lipinski definition) is 3. The van der Waals surface area contributed by atoms with E-state index in [1.54, 1.807) is 6.92 Å². The van der Waals surface area contributed by atoms with Crippen molar-refractivity contribution in [3.63, 3.8) is 0 Å². The first-order chi connectivity index (χ1) is 5.66. The fourth-order valence-corrected chi connectivity index (χ4v) is 1.33. The second-order valence-electron chi connectivity index (χ2n) is 2.36. The number of aromatic nitrogens is 2. The van der Waals surface area contributed by atoms with Crippen LogP contribution in [0.3, 0.4) is 0 Å². The number of aliphatic hydroxyl groups excluding tert-OH is 1. The van der Waals surface area contributed by atoms with Crippen molar-refractivity contribution in [2.45, 2.75) is 13.3 Å². The van der Waals surface area contributed by atoms with Crippen molar-refractivity contribution in [1.29, 1.82) is 0 Å². The summed E-state index contributed by atoms with van der Waals surface area (Å²) in [7, 11) is 0. The minimum atomic E-state index is 0.0303. The summed E-state index contributed by atoms with van der Waals surface area (Å²) in [6.45, 7) is 1.83. The maximum Gasteiger partial charge on any atom is 0.155 e. The zero-order valence-electron chi connectivity index (χ0n) is 6.51. The Bertz CT molecular complexity index is 291. The molecule has 1 aromatic heterocycles. The molecule has 1 rings (SSSR count). The normalized spacial score (nSPS) is 10.3. The van der Waals surface area contributed by atoms with Crippen LogP contribution in [0.4, 0.5) is 0 Å². The fourth-order valence-electron chi connectivity index (χ4n) is 0.905. The van der Waals surface area contributed by atoms with E-state index in [1.807, 2.05) is 0 Å². The van der Waals surface area contributed by atoms with E-state index >= 15 is 0 Å². The molecular weight excluding hydrogens is 199 g/mol. The molecule has 1 heterocycles. The minimum absolute atomic E-state index is 0.0303. The van der Waals surface area contributed by atoms with Gasteiger partial charge in [-0.05, 0) is 24.5 Å². The van der Waals surface area contributed by atoms with Gasteiger partial charge in [-0.1, -0.05) is 23.2 Å². The molecule has 1 aromatic rings. The topological polar surface area (TPSA) is 46.0 Å². The Labute approximate surface area is 80.3 Å². The Balaban J connectivity index is 3.14. The lowest BCUT2D eigenvalue weighted by molar-refractivity contribution is 0.299. The molecular formula is C7H8Cl2N2O. The summed E-state index contributed by atoms with van der Waals surface area (Å²) in [5.74, 6) is 0. The van der Waals surface area contributed by atoms with Gasteiger partial charge in [0.2, 0.25) is 0 Å². The van der Waals surface area contributed by atoms with Gasteiger partial charge in [0.1, 0.15) is 0 Å². The van der Waals surface area contributed by atoms with Crippen LogP contribution in [-0.4, -0.2) is 21.9 Å². The van der Waals surface area contributed by atoms with Gasteiger partial charge in [-0.25, -0.2) is 0 Å². The molecule has 0 saturated carbocycles. The second kappa shape index (κ2) is 4.03. The maximum atomic E-state index is 8.71. The molecule has 0 radical (unpaired) electrons. The third kappa shape index (κ3) is 1.86. The van der Waals surface area contributed by atoms with Gasteiger partial charge in [0.25, 0.3) is 0 Å². The van der Waals surface area contributed by atoms with E-state index in [0.717, 1.165) is 11.1 Å². The molecule has 0 aromatic carbocycles. The molecule has 1 N–H and O–H groups in total. The van der Waals surface area contributed by atoms with Crippen LogP contribution >= 0.6 is 23.2 Å². The van der Waals surface area contributed by atoms with Crippen LogP contribution in [0.1, 0.15) is 11.1 Å². The third-order valence-electron chi connectivity index (χ3n) is 1.60. The Morgan fingerprint density at radius 1 is 1.25 bits per heavy atom. The molecule has 0 aliphatic heterocycles. The third-order valence-corrected chi connectivity index (χ3v) is 2.26. The van der Waals surface area contributed by atoms with Crippen molar-refractivity contribution < 1.29 is 5.11 Å². The molecule has 0 aliphatic rings. The van der Waals surface area contributed by atoms with Crippen LogP contribution < -0.4 is 0 Å². The van der Waals surface area contributed by atoms with Gasteiger partial charge in [-0.3, -0.25) is 0 Å². The Hall–Kier alpha value is -0.380. The first kappa shape index (κ1) is 9.71. The smallest absolute Gasteiger partial charge is 0.155 e. The minimum Gasteiger partial charge on any atom is -0.396 e. The lowest BCUT2D eigenvalue weighted by Gasteiger charge is -2.05. The number of nitrogens with zero attached hydrogens (tertiary/aromatic N) is 2. The summed E-state index contributed by atoms with van der Waals surface area (Å²) in [4.78, 5) is 0. The van der Waals surface area contributed by atoms with E-state index < -0.39 is 0 Å². The zero-order chi connectivity index (χ0) is 9.14. The first-order valence-corrected chi connectivity index (χ1v) is 4.20. The monoisotopic (exact) mass is 206 g/mol. The molecule has 0 saturated heterocycles. The van der Waals surface area contributed by atoms with Gasteiger partial charge < -0.3 is 5.11 Å². The van der Waals surface area contributed by atoms with Gasteiger partial charge >= 0.3 is 0 Å². The summed E-state index contributed by atoms with van der Waals surface area (Å²) in [6.07, 6.45) is 0.458. The van der Waals surface area contributed by atoms with Crippen LogP contribution in [0.25, 0.3) is 0 Å². The molecule has 66 valence electrons. The van der Waals surface area contributed by atoms with Crippen LogP contribution in [0.15, 0.2) is 0 Å². The summed E-state index contributed by atoms with van der Waals surface area (Å²) in [5.41, 5.74) is 1.55. The highest BCUT2D eigenvalue weighted by molar-refractivity contribution is 6.32. The maximum absolute atomic E-state index is 8.71. The molecule has 0 amide bonds. The Morgan fingerprint density at radius 3 is 2.42 bits per heavy atom. The zero-order valence-corrected chi connectivity index (χ0v) is 8.02. The molecule has 3 nitrogen and oxygen atoms in total. The largest absolute Gasteiger partial charge is 0.396 e. The predicted octanol–water partition coefficient (Wildman–Crippen LogP) is 1.63.